The second-order valence-electron chi connectivity index (χ2n) is 5.26. The predicted octanol–water partition coefficient (Wildman–Crippen LogP) is 4.12. The summed E-state index contributed by atoms with van der Waals surface area (Å²) in [6.07, 6.45) is 0.533. The number of non-ortho nitro benzene ring substituents is 1. The zero-order chi connectivity index (χ0) is 18.5. The zero-order valence-electron chi connectivity index (χ0n) is 13.7. The van der Waals surface area contributed by atoms with Crippen LogP contribution in [0.15, 0.2) is 47.8 Å². The molecule has 0 radical (unpaired) electrons. The van der Waals surface area contributed by atoms with Crippen molar-refractivity contribution < 1.29 is 19.2 Å². The summed E-state index contributed by atoms with van der Waals surface area (Å²) in [5.41, 5.74) is 1.60. The first kappa shape index (κ1) is 17.6. The molecule has 0 bridgehead atoms. The molecular weight excluding hydrogens is 356 g/mol. The van der Waals surface area contributed by atoms with E-state index < -0.39 is 4.92 Å². The maximum Gasteiger partial charge on any atom is 0.270 e. The van der Waals surface area contributed by atoms with Crippen molar-refractivity contribution in [2.24, 2.45) is 0 Å². The number of nitrogens with zero attached hydrogens (tertiary/aromatic N) is 2. The van der Waals surface area contributed by atoms with Gasteiger partial charge in [0, 0.05) is 23.1 Å². The topological polar surface area (TPSA) is 91.6 Å². The number of hydrogen-bond acceptors (Lipinski definition) is 7. The van der Waals surface area contributed by atoms with Gasteiger partial charge in [-0.25, -0.2) is 4.98 Å². The Hall–Kier alpha value is -3.26. The highest BCUT2D eigenvalue weighted by molar-refractivity contribution is 7.13. The van der Waals surface area contributed by atoms with Crippen molar-refractivity contribution in [3.8, 4) is 22.1 Å². The molecule has 3 aromatic rings. The Morgan fingerprint density at radius 3 is 2.85 bits per heavy atom. The van der Waals surface area contributed by atoms with Gasteiger partial charge in [-0.1, -0.05) is 12.1 Å². The molecule has 8 heteroatoms. The summed E-state index contributed by atoms with van der Waals surface area (Å²) in [6.45, 7) is 0.152. The number of aldehydes is 1. The van der Waals surface area contributed by atoms with Gasteiger partial charge >= 0.3 is 0 Å². The van der Waals surface area contributed by atoms with Gasteiger partial charge in [-0.2, -0.15) is 0 Å². The number of nitro groups is 1. The molecule has 2 aromatic carbocycles. The van der Waals surface area contributed by atoms with E-state index >= 15 is 0 Å². The van der Waals surface area contributed by atoms with E-state index in [4.69, 9.17) is 9.47 Å². The second kappa shape index (κ2) is 7.75. The maximum atomic E-state index is 11.1. The number of aromatic nitrogens is 1. The first-order chi connectivity index (χ1) is 12.6. The lowest BCUT2D eigenvalue weighted by molar-refractivity contribution is -0.384. The molecule has 0 aliphatic heterocycles. The molecule has 0 fully saturated rings. The first-order valence-corrected chi connectivity index (χ1v) is 8.44. The highest BCUT2D eigenvalue weighted by atomic mass is 32.1. The summed E-state index contributed by atoms with van der Waals surface area (Å²) >= 11 is 1.47. The lowest BCUT2D eigenvalue weighted by Gasteiger charge is -2.06. The zero-order valence-corrected chi connectivity index (χ0v) is 14.6. The number of ether oxygens (including phenoxy) is 2. The minimum Gasteiger partial charge on any atom is -0.497 e. The lowest BCUT2D eigenvalue weighted by atomic mass is 10.2. The van der Waals surface area contributed by atoms with Crippen LogP contribution in [0.25, 0.3) is 10.6 Å². The summed E-state index contributed by atoms with van der Waals surface area (Å²) in [5.74, 6) is 1.03. The number of methoxy groups -OCH3 is 1. The average Bonchev–Trinajstić information content (AvgIpc) is 3.15. The van der Waals surface area contributed by atoms with Gasteiger partial charge in [0.1, 0.15) is 23.1 Å². The van der Waals surface area contributed by atoms with Gasteiger partial charge in [0.25, 0.3) is 5.69 Å². The van der Waals surface area contributed by atoms with Crippen molar-refractivity contribution in [1.29, 1.82) is 0 Å². The van der Waals surface area contributed by atoms with Crippen molar-refractivity contribution in [2.75, 3.05) is 7.11 Å². The molecule has 0 amide bonds. The molecule has 1 aromatic heterocycles. The standard InChI is InChI=1S/C18H14N2O5S/c1-24-16-4-2-3-12(8-16)18-19-14(11-26-18)10-25-17-6-5-15(20(22)23)7-13(17)9-21/h2-9,11H,10H2,1H3. The molecule has 0 saturated heterocycles. The summed E-state index contributed by atoms with van der Waals surface area (Å²) in [5, 5.41) is 13.5. The Labute approximate surface area is 153 Å². The maximum absolute atomic E-state index is 11.1. The number of carbonyl (C=O) groups excluding carboxylic acids is 1. The van der Waals surface area contributed by atoms with Gasteiger partial charge < -0.3 is 9.47 Å². The summed E-state index contributed by atoms with van der Waals surface area (Å²) in [4.78, 5) is 25.9. The van der Waals surface area contributed by atoms with Gasteiger partial charge in [0.05, 0.1) is 23.3 Å². The summed E-state index contributed by atoms with van der Waals surface area (Å²) in [7, 11) is 1.61. The molecule has 26 heavy (non-hydrogen) atoms. The third-order valence-electron chi connectivity index (χ3n) is 3.58. The molecule has 0 atom stereocenters. The van der Waals surface area contributed by atoms with E-state index in [0.29, 0.717) is 12.0 Å². The number of benzene rings is 2. The van der Waals surface area contributed by atoms with Crippen LogP contribution in [0.2, 0.25) is 0 Å². The Morgan fingerprint density at radius 2 is 2.12 bits per heavy atom. The number of nitro benzene ring substituents is 1. The quantitative estimate of drug-likeness (QED) is 0.353. The fourth-order valence-corrected chi connectivity index (χ4v) is 3.09. The molecule has 0 spiro atoms. The molecule has 0 aliphatic rings. The normalized spacial score (nSPS) is 10.3. The highest BCUT2D eigenvalue weighted by Crippen LogP contribution is 2.28. The Balaban J connectivity index is 1.74. The van der Waals surface area contributed by atoms with Crippen molar-refractivity contribution >= 4 is 23.3 Å². The van der Waals surface area contributed by atoms with E-state index in [-0.39, 0.29) is 23.6 Å². The van der Waals surface area contributed by atoms with E-state index in [2.05, 4.69) is 4.98 Å². The Kier molecular flexibility index (Phi) is 5.23. The second-order valence-corrected chi connectivity index (χ2v) is 6.12. The van der Waals surface area contributed by atoms with Gasteiger partial charge in [-0.15, -0.1) is 11.3 Å². The van der Waals surface area contributed by atoms with E-state index in [0.717, 1.165) is 16.3 Å². The van der Waals surface area contributed by atoms with Crippen LogP contribution in [0.3, 0.4) is 0 Å². The van der Waals surface area contributed by atoms with Crippen LogP contribution < -0.4 is 9.47 Å². The molecular formula is C18H14N2O5S. The van der Waals surface area contributed by atoms with Crippen molar-refractivity contribution in [3.05, 3.63) is 69.2 Å². The molecule has 7 nitrogen and oxygen atoms in total. The predicted molar refractivity (Wildman–Crippen MR) is 96.9 cm³/mol. The van der Waals surface area contributed by atoms with Crippen LogP contribution >= 0.6 is 11.3 Å². The molecule has 0 N–H and O–H groups in total. The van der Waals surface area contributed by atoms with E-state index in [9.17, 15) is 14.9 Å². The van der Waals surface area contributed by atoms with Crippen LogP contribution in [-0.2, 0) is 6.61 Å². The van der Waals surface area contributed by atoms with Crippen LogP contribution in [0.5, 0.6) is 11.5 Å². The minimum absolute atomic E-state index is 0.127. The molecule has 0 saturated carbocycles. The largest absolute Gasteiger partial charge is 0.497 e. The SMILES string of the molecule is COc1cccc(-c2nc(COc3ccc([N+](=O)[O-])cc3C=O)cs2)c1. The third kappa shape index (κ3) is 3.86. The van der Waals surface area contributed by atoms with Crippen molar-refractivity contribution in [2.45, 2.75) is 6.61 Å². The number of rotatable bonds is 7. The number of thiazole rings is 1. The summed E-state index contributed by atoms with van der Waals surface area (Å²) in [6, 6.07) is 11.5. The van der Waals surface area contributed by atoms with Gasteiger partial charge in [-0.05, 0) is 18.2 Å². The van der Waals surface area contributed by atoms with Gasteiger partial charge in [-0.3, -0.25) is 14.9 Å². The van der Waals surface area contributed by atoms with Crippen molar-refractivity contribution in [3.63, 3.8) is 0 Å². The fraction of sp³-hybridized carbons (Fsp3) is 0.111. The van der Waals surface area contributed by atoms with E-state index in [1.165, 1.54) is 29.5 Å². The minimum atomic E-state index is -0.558. The smallest absolute Gasteiger partial charge is 0.270 e. The summed E-state index contributed by atoms with van der Waals surface area (Å²) < 4.78 is 10.8. The first-order valence-electron chi connectivity index (χ1n) is 7.56. The van der Waals surface area contributed by atoms with E-state index in [1.54, 1.807) is 7.11 Å². The van der Waals surface area contributed by atoms with Crippen LogP contribution in [0.1, 0.15) is 16.1 Å². The van der Waals surface area contributed by atoms with Crippen LogP contribution in [0.4, 0.5) is 5.69 Å². The molecule has 1 heterocycles. The number of carbonyl (C=O) groups is 1. The van der Waals surface area contributed by atoms with Crippen LogP contribution in [0, 0.1) is 10.1 Å². The van der Waals surface area contributed by atoms with E-state index in [1.807, 2.05) is 29.6 Å². The average molecular weight is 370 g/mol. The molecule has 3 rings (SSSR count). The Morgan fingerprint density at radius 1 is 1.27 bits per heavy atom. The Bertz CT molecular complexity index is 954. The van der Waals surface area contributed by atoms with Crippen molar-refractivity contribution in [1.82, 2.24) is 4.98 Å². The molecule has 0 aliphatic carbocycles. The fourth-order valence-electron chi connectivity index (χ4n) is 2.29. The highest BCUT2D eigenvalue weighted by Gasteiger charge is 2.12. The van der Waals surface area contributed by atoms with Crippen LogP contribution in [-0.4, -0.2) is 23.3 Å². The number of hydrogen-bond donors (Lipinski definition) is 0. The molecule has 0 unspecified atom stereocenters. The third-order valence-corrected chi connectivity index (χ3v) is 4.52. The monoisotopic (exact) mass is 370 g/mol. The van der Waals surface area contributed by atoms with Gasteiger partial charge in [0.2, 0.25) is 0 Å². The van der Waals surface area contributed by atoms with Gasteiger partial charge in [0.15, 0.2) is 6.29 Å². The molecule has 132 valence electrons. The lowest BCUT2D eigenvalue weighted by Crippen LogP contribution is -1.99.